The summed E-state index contributed by atoms with van der Waals surface area (Å²) in [7, 11) is 0. The van der Waals surface area contributed by atoms with E-state index in [1.807, 2.05) is 0 Å². The highest BCUT2D eigenvalue weighted by molar-refractivity contribution is 5.34. The average Bonchev–Trinajstić information content (AvgIpc) is 2.37. The van der Waals surface area contributed by atoms with Crippen LogP contribution in [0.2, 0.25) is 0 Å². The van der Waals surface area contributed by atoms with E-state index in [2.05, 4.69) is 22.9 Å². The van der Waals surface area contributed by atoms with E-state index in [9.17, 15) is 0 Å². The summed E-state index contributed by atoms with van der Waals surface area (Å²) in [5.41, 5.74) is 7.92. The molecule has 2 N–H and O–H groups in total. The molecule has 1 saturated carbocycles. The SMILES string of the molecule is Cc1cc(C2CCC2)nc(N2CCO[C@H](CCN)C2)n1. The minimum Gasteiger partial charge on any atom is -0.374 e. The Bertz CT molecular complexity index is 459. The largest absolute Gasteiger partial charge is 0.374 e. The molecule has 0 radical (unpaired) electrons. The molecule has 0 spiro atoms. The van der Waals surface area contributed by atoms with E-state index in [4.69, 9.17) is 15.5 Å². The van der Waals surface area contributed by atoms with Crippen LogP contribution in [0, 0.1) is 6.92 Å². The van der Waals surface area contributed by atoms with Crippen LogP contribution >= 0.6 is 0 Å². The fourth-order valence-corrected chi connectivity index (χ4v) is 2.89. The molecular formula is C15H24N4O. The second-order valence-electron chi connectivity index (χ2n) is 5.88. The monoisotopic (exact) mass is 276 g/mol. The van der Waals surface area contributed by atoms with Crippen molar-refractivity contribution in [2.45, 2.75) is 44.6 Å². The maximum atomic E-state index is 5.73. The highest BCUT2D eigenvalue weighted by Crippen LogP contribution is 2.36. The zero-order valence-corrected chi connectivity index (χ0v) is 12.2. The predicted molar refractivity (Wildman–Crippen MR) is 79.0 cm³/mol. The van der Waals surface area contributed by atoms with Gasteiger partial charge in [-0.05, 0) is 38.8 Å². The number of hydrogen-bond donors (Lipinski definition) is 1. The molecule has 1 aliphatic carbocycles. The van der Waals surface area contributed by atoms with Gasteiger partial charge in [-0.25, -0.2) is 9.97 Å². The molecule has 1 aromatic rings. The molecule has 2 heterocycles. The van der Waals surface area contributed by atoms with Crippen LogP contribution in [0.4, 0.5) is 5.95 Å². The van der Waals surface area contributed by atoms with Gasteiger partial charge in [0.25, 0.3) is 0 Å². The van der Waals surface area contributed by atoms with Crippen LogP contribution in [0.25, 0.3) is 0 Å². The smallest absolute Gasteiger partial charge is 0.225 e. The Balaban J connectivity index is 1.76. The summed E-state index contributed by atoms with van der Waals surface area (Å²) in [5.74, 6) is 1.52. The van der Waals surface area contributed by atoms with Crippen LogP contribution in [0.1, 0.15) is 43.0 Å². The Kier molecular flexibility index (Phi) is 4.17. The number of morpholine rings is 1. The van der Waals surface area contributed by atoms with Gasteiger partial charge in [0.15, 0.2) is 0 Å². The zero-order chi connectivity index (χ0) is 13.9. The molecule has 0 bridgehead atoms. The molecule has 2 aliphatic rings. The van der Waals surface area contributed by atoms with E-state index in [1.54, 1.807) is 0 Å². The topological polar surface area (TPSA) is 64.3 Å². The molecule has 20 heavy (non-hydrogen) atoms. The number of ether oxygens (including phenoxy) is 1. The van der Waals surface area contributed by atoms with E-state index in [0.29, 0.717) is 12.5 Å². The highest BCUT2D eigenvalue weighted by Gasteiger charge is 2.25. The first kappa shape index (κ1) is 13.8. The van der Waals surface area contributed by atoms with Gasteiger partial charge in [-0.15, -0.1) is 0 Å². The molecule has 5 heteroatoms. The minimum absolute atomic E-state index is 0.213. The Labute approximate surface area is 120 Å². The third kappa shape index (κ3) is 2.94. The molecule has 2 fully saturated rings. The van der Waals surface area contributed by atoms with Crippen molar-refractivity contribution in [3.05, 3.63) is 17.5 Å². The van der Waals surface area contributed by atoms with Gasteiger partial charge >= 0.3 is 0 Å². The number of nitrogens with zero attached hydrogens (tertiary/aromatic N) is 3. The Hall–Kier alpha value is -1.20. The molecule has 5 nitrogen and oxygen atoms in total. The fraction of sp³-hybridized carbons (Fsp3) is 0.733. The minimum atomic E-state index is 0.213. The quantitative estimate of drug-likeness (QED) is 0.905. The Morgan fingerprint density at radius 2 is 2.25 bits per heavy atom. The van der Waals surface area contributed by atoms with Crippen LogP contribution < -0.4 is 10.6 Å². The number of nitrogens with two attached hydrogens (primary N) is 1. The van der Waals surface area contributed by atoms with E-state index in [0.717, 1.165) is 37.8 Å². The third-order valence-corrected chi connectivity index (χ3v) is 4.30. The molecule has 1 saturated heterocycles. The standard InChI is InChI=1S/C15H24N4O/c1-11-9-14(12-3-2-4-12)18-15(17-11)19-7-8-20-13(10-19)5-6-16/h9,12-13H,2-8,10,16H2,1H3/t13-/m1/s1. The van der Waals surface area contributed by atoms with Crippen molar-refractivity contribution >= 4 is 5.95 Å². The fourth-order valence-electron chi connectivity index (χ4n) is 2.89. The summed E-state index contributed by atoms with van der Waals surface area (Å²) in [6.07, 6.45) is 4.99. The summed E-state index contributed by atoms with van der Waals surface area (Å²) in [6, 6.07) is 2.14. The van der Waals surface area contributed by atoms with Gasteiger partial charge < -0.3 is 15.4 Å². The molecule has 1 aliphatic heterocycles. The van der Waals surface area contributed by atoms with E-state index in [1.165, 1.54) is 25.0 Å². The molecule has 1 atom stereocenters. The molecule has 0 amide bonds. The van der Waals surface area contributed by atoms with Crippen molar-refractivity contribution in [2.24, 2.45) is 5.73 Å². The normalized spacial score (nSPS) is 23.7. The number of hydrogen-bond acceptors (Lipinski definition) is 5. The van der Waals surface area contributed by atoms with Crippen LogP contribution in [0.3, 0.4) is 0 Å². The lowest BCUT2D eigenvalue weighted by atomic mass is 9.83. The van der Waals surface area contributed by atoms with Crippen LogP contribution in [-0.2, 0) is 4.74 Å². The van der Waals surface area contributed by atoms with E-state index < -0.39 is 0 Å². The number of aryl methyl sites for hydroxylation is 1. The predicted octanol–water partition coefficient (Wildman–Crippen LogP) is 1.61. The van der Waals surface area contributed by atoms with Gasteiger partial charge in [-0.3, -0.25) is 0 Å². The summed E-state index contributed by atoms with van der Waals surface area (Å²) < 4.78 is 5.73. The molecule has 0 unspecified atom stereocenters. The highest BCUT2D eigenvalue weighted by atomic mass is 16.5. The Morgan fingerprint density at radius 1 is 1.40 bits per heavy atom. The number of anilines is 1. The van der Waals surface area contributed by atoms with Crippen molar-refractivity contribution < 1.29 is 4.74 Å². The van der Waals surface area contributed by atoms with Crippen molar-refractivity contribution in [1.82, 2.24) is 9.97 Å². The average molecular weight is 276 g/mol. The lowest BCUT2D eigenvalue weighted by Crippen LogP contribution is -2.44. The summed E-state index contributed by atoms with van der Waals surface area (Å²) in [5, 5.41) is 0. The molecule has 3 rings (SSSR count). The van der Waals surface area contributed by atoms with Crippen molar-refractivity contribution in [3.8, 4) is 0 Å². The van der Waals surface area contributed by atoms with Crippen LogP contribution in [0.15, 0.2) is 6.07 Å². The van der Waals surface area contributed by atoms with E-state index in [-0.39, 0.29) is 6.10 Å². The van der Waals surface area contributed by atoms with Gasteiger partial charge in [-0.1, -0.05) is 6.42 Å². The third-order valence-electron chi connectivity index (χ3n) is 4.30. The summed E-state index contributed by atoms with van der Waals surface area (Å²) >= 11 is 0. The number of rotatable bonds is 4. The van der Waals surface area contributed by atoms with Gasteiger partial charge in [0.05, 0.1) is 12.7 Å². The van der Waals surface area contributed by atoms with Gasteiger partial charge in [0.1, 0.15) is 0 Å². The second kappa shape index (κ2) is 6.06. The molecular weight excluding hydrogens is 252 g/mol. The summed E-state index contributed by atoms with van der Waals surface area (Å²) in [6.45, 7) is 5.19. The first-order valence-electron chi connectivity index (χ1n) is 7.68. The molecule has 1 aromatic heterocycles. The van der Waals surface area contributed by atoms with Crippen LogP contribution in [-0.4, -0.2) is 42.3 Å². The first-order valence-corrected chi connectivity index (χ1v) is 7.68. The van der Waals surface area contributed by atoms with Crippen molar-refractivity contribution in [1.29, 1.82) is 0 Å². The maximum Gasteiger partial charge on any atom is 0.225 e. The molecule has 110 valence electrons. The van der Waals surface area contributed by atoms with Crippen molar-refractivity contribution in [3.63, 3.8) is 0 Å². The molecule has 0 aromatic carbocycles. The van der Waals surface area contributed by atoms with Crippen molar-refractivity contribution in [2.75, 3.05) is 31.1 Å². The zero-order valence-electron chi connectivity index (χ0n) is 12.2. The summed E-state index contributed by atoms with van der Waals surface area (Å²) in [4.78, 5) is 11.7. The van der Waals surface area contributed by atoms with Gasteiger partial charge in [-0.2, -0.15) is 0 Å². The first-order chi connectivity index (χ1) is 9.76. The lowest BCUT2D eigenvalue weighted by molar-refractivity contribution is 0.0363. The second-order valence-corrected chi connectivity index (χ2v) is 5.88. The van der Waals surface area contributed by atoms with Gasteiger partial charge in [0, 0.05) is 30.4 Å². The van der Waals surface area contributed by atoms with E-state index >= 15 is 0 Å². The maximum absolute atomic E-state index is 5.73. The lowest BCUT2D eigenvalue weighted by Gasteiger charge is -2.34. The van der Waals surface area contributed by atoms with Crippen LogP contribution in [0.5, 0.6) is 0 Å². The Morgan fingerprint density at radius 3 is 2.95 bits per heavy atom. The van der Waals surface area contributed by atoms with Gasteiger partial charge in [0.2, 0.25) is 5.95 Å². The number of aromatic nitrogens is 2.